The highest BCUT2D eigenvalue weighted by atomic mass is 19.4. The number of fused-ring (bicyclic) bond motifs is 1. The van der Waals surface area contributed by atoms with Gasteiger partial charge in [0.1, 0.15) is 12.4 Å². The number of piperazine rings is 1. The van der Waals surface area contributed by atoms with Crippen LogP contribution >= 0.6 is 0 Å². The van der Waals surface area contributed by atoms with Crippen molar-refractivity contribution in [3.05, 3.63) is 64.1 Å². The average molecular weight is 493 g/mol. The van der Waals surface area contributed by atoms with Crippen LogP contribution in [-0.4, -0.2) is 65.7 Å². The molecule has 0 radical (unpaired) electrons. The molecule has 3 aromatic rings. The molecule has 0 bridgehead atoms. The van der Waals surface area contributed by atoms with Gasteiger partial charge < -0.3 is 18.8 Å². The summed E-state index contributed by atoms with van der Waals surface area (Å²) in [6.45, 7) is 1.87. The number of benzene rings is 2. The normalized spacial score (nSPS) is 14.8. The minimum atomic E-state index is -4.84. The van der Waals surface area contributed by atoms with Crippen LogP contribution in [0.2, 0.25) is 0 Å². The van der Waals surface area contributed by atoms with E-state index in [4.69, 9.17) is 9.15 Å². The molecule has 4 rings (SSSR count). The second-order valence-corrected chi connectivity index (χ2v) is 7.94. The Kier molecular flexibility index (Phi) is 7.10. The molecule has 12 heteroatoms. The van der Waals surface area contributed by atoms with Crippen LogP contribution in [0.15, 0.2) is 51.7 Å². The molecule has 0 aliphatic carbocycles. The predicted molar refractivity (Wildman–Crippen MR) is 117 cm³/mol. The van der Waals surface area contributed by atoms with Crippen LogP contribution in [0.1, 0.15) is 22.3 Å². The van der Waals surface area contributed by atoms with Gasteiger partial charge in [-0.25, -0.2) is 9.59 Å². The number of ketones is 1. The Morgan fingerprint density at radius 2 is 1.80 bits per heavy atom. The zero-order valence-corrected chi connectivity index (χ0v) is 18.5. The Balaban J connectivity index is 1.22. The number of para-hydroxylation sites is 1. The van der Waals surface area contributed by atoms with Crippen LogP contribution in [-0.2, 0) is 11.3 Å². The fourth-order valence-corrected chi connectivity index (χ4v) is 3.75. The van der Waals surface area contributed by atoms with Gasteiger partial charge in [-0.05, 0) is 24.3 Å². The molecule has 0 atom stereocenters. The van der Waals surface area contributed by atoms with Crippen molar-refractivity contribution in [2.45, 2.75) is 19.4 Å². The van der Waals surface area contributed by atoms with Gasteiger partial charge in [0.05, 0.1) is 5.52 Å². The van der Waals surface area contributed by atoms with Gasteiger partial charge in [-0.2, -0.15) is 0 Å². The molecule has 2 aromatic carbocycles. The number of nitrogens with zero attached hydrogens (tertiary/aromatic N) is 2. The van der Waals surface area contributed by atoms with Gasteiger partial charge in [-0.1, -0.05) is 18.2 Å². The number of halogens is 3. The zero-order chi connectivity index (χ0) is 25.0. The Bertz CT molecular complexity index is 1260. The number of aromatic nitrogens is 1. The summed E-state index contributed by atoms with van der Waals surface area (Å²) < 4.78 is 51.8. The highest BCUT2D eigenvalue weighted by Gasteiger charge is 2.32. The third kappa shape index (κ3) is 6.41. The van der Waals surface area contributed by atoms with Gasteiger partial charge in [-0.3, -0.25) is 14.7 Å². The SMILES string of the molecule is O=C(CCN1CCN(C(=O)OCc2ccccc2OC(F)(F)F)CC1)c1ccc2[nH]c(=O)oc2c1. The van der Waals surface area contributed by atoms with Crippen molar-refractivity contribution >= 4 is 23.0 Å². The molecule has 0 saturated carbocycles. The van der Waals surface area contributed by atoms with Crippen LogP contribution < -0.4 is 10.5 Å². The second kappa shape index (κ2) is 10.2. The number of oxazole rings is 1. The number of aromatic amines is 1. The van der Waals surface area contributed by atoms with Crippen molar-refractivity contribution in [1.29, 1.82) is 0 Å². The zero-order valence-electron chi connectivity index (χ0n) is 18.5. The van der Waals surface area contributed by atoms with Crippen LogP contribution in [0.4, 0.5) is 18.0 Å². The molecule has 1 saturated heterocycles. The van der Waals surface area contributed by atoms with E-state index in [0.717, 1.165) is 6.07 Å². The molecule has 186 valence electrons. The van der Waals surface area contributed by atoms with E-state index in [1.165, 1.54) is 29.2 Å². The molecular weight excluding hydrogens is 471 g/mol. The van der Waals surface area contributed by atoms with Crippen molar-refractivity contribution in [1.82, 2.24) is 14.8 Å². The summed E-state index contributed by atoms with van der Waals surface area (Å²) in [6.07, 6.45) is -5.23. The molecule has 1 amide bonds. The first kappa shape index (κ1) is 24.3. The molecule has 2 heterocycles. The maximum absolute atomic E-state index is 12.5. The van der Waals surface area contributed by atoms with Crippen LogP contribution in [0.25, 0.3) is 11.1 Å². The number of carbonyl (C=O) groups is 2. The smallest absolute Gasteiger partial charge is 0.444 e. The molecule has 1 aliphatic heterocycles. The summed E-state index contributed by atoms with van der Waals surface area (Å²) in [5.41, 5.74) is 1.39. The topological polar surface area (TPSA) is 105 Å². The third-order valence-corrected chi connectivity index (χ3v) is 5.58. The van der Waals surface area contributed by atoms with E-state index >= 15 is 0 Å². The van der Waals surface area contributed by atoms with Crippen molar-refractivity contribution in [2.24, 2.45) is 0 Å². The van der Waals surface area contributed by atoms with E-state index in [1.54, 1.807) is 12.1 Å². The molecular formula is C23H22F3N3O6. The van der Waals surface area contributed by atoms with E-state index in [1.807, 2.05) is 4.90 Å². The van der Waals surface area contributed by atoms with E-state index in [-0.39, 0.29) is 24.4 Å². The maximum Gasteiger partial charge on any atom is 0.573 e. The van der Waals surface area contributed by atoms with Gasteiger partial charge in [0, 0.05) is 50.3 Å². The molecule has 1 aromatic heterocycles. The summed E-state index contributed by atoms with van der Waals surface area (Å²) in [7, 11) is 0. The van der Waals surface area contributed by atoms with Gasteiger partial charge >= 0.3 is 18.2 Å². The lowest BCUT2D eigenvalue weighted by atomic mass is 10.1. The minimum Gasteiger partial charge on any atom is -0.444 e. The van der Waals surface area contributed by atoms with E-state index in [9.17, 15) is 27.6 Å². The number of Topliss-reactive ketones (excluding diaryl/α,β-unsaturated/α-hetero) is 1. The molecule has 1 aliphatic rings. The van der Waals surface area contributed by atoms with E-state index < -0.39 is 24.0 Å². The first-order valence-corrected chi connectivity index (χ1v) is 10.8. The highest BCUT2D eigenvalue weighted by Crippen LogP contribution is 2.27. The molecule has 0 unspecified atom stereocenters. The number of hydrogen-bond donors (Lipinski definition) is 1. The fourth-order valence-electron chi connectivity index (χ4n) is 3.75. The number of carbonyl (C=O) groups excluding carboxylic acids is 2. The minimum absolute atomic E-state index is 0.0997. The molecule has 9 nitrogen and oxygen atoms in total. The lowest BCUT2D eigenvalue weighted by molar-refractivity contribution is -0.275. The average Bonchev–Trinajstić information content (AvgIpc) is 3.20. The Labute approximate surface area is 197 Å². The first-order chi connectivity index (χ1) is 16.7. The van der Waals surface area contributed by atoms with Crippen molar-refractivity contribution < 1.29 is 36.7 Å². The van der Waals surface area contributed by atoms with Crippen molar-refractivity contribution in [2.75, 3.05) is 32.7 Å². The predicted octanol–water partition coefficient (Wildman–Crippen LogP) is 3.55. The number of nitrogens with one attached hydrogen (secondary N) is 1. The lowest BCUT2D eigenvalue weighted by Crippen LogP contribution is -2.49. The fraction of sp³-hybridized carbons (Fsp3) is 0.348. The molecule has 1 fully saturated rings. The van der Waals surface area contributed by atoms with Gasteiger partial charge in [-0.15, -0.1) is 13.2 Å². The number of amides is 1. The lowest BCUT2D eigenvalue weighted by Gasteiger charge is -2.34. The number of hydrogen-bond acceptors (Lipinski definition) is 7. The van der Waals surface area contributed by atoms with Crippen LogP contribution in [0, 0.1) is 0 Å². The number of H-pyrrole nitrogens is 1. The number of alkyl halides is 3. The van der Waals surface area contributed by atoms with E-state index in [2.05, 4.69) is 9.72 Å². The Morgan fingerprint density at radius 1 is 1.06 bits per heavy atom. The highest BCUT2D eigenvalue weighted by molar-refractivity contribution is 5.98. The standard InChI is InChI=1S/C23H22F3N3O6/c24-23(25,26)35-19-4-2-1-3-16(19)14-33-22(32)29-11-9-28(10-12-29)8-7-18(30)15-5-6-17-20(13-15)34-21(31)27-17/h1-6,13H,7-12,14H2,(H,27,31). The summed E-state index contributed by atoms with van der Waals surface area (Å²) in [5, 5.41) is 0. The Hall–Kier alpha value is -3.80. The maximum atomic E-state index is 12.5. The van der Waals surface area contributed by atoms with E-state index in [0.29, 0.717) is 49.4 Å². The molecule has 0 spiro atoms. The summed E-state index contributed by atoms with van der Waals surface area (Å²) in [4.78, 5) is 42.2. The number of ether oxygens (including phenoxy) is 2. The van der Waals surface area contributed by atoms with Crippen molar-refractivity contribution in [3.63, 3.8) is 0 Å². The van der Waals surface area contributed by atoms with Gasteiger partial charge in [0.25, 0.3) is 0 Å². The van der Waals surface area contributed by atoms with Gasteiger partial charge in [0.15, 0.2) is 11.4 Å². The monoisotopic (exact) mass is 493 g/mol. The van der Waals surface area contributed by atoms with Crippen molar-refractivity contribution in [3.8, 4) is 5.75 Å². The Morgan fingerprint density at radius 3 is 2.54 bits per heavy atom. The van der Waals surface area contributed by atoms with Crippen LogP contribution in [0.3, 0.4) is 0 Å². The van der Waals surface area contributed by atoms with Crippen LogP contribution in [0.5, 0.6) is 5.75 Å². The third-order valence-electron chi connectivity index (χ3n) is 5.58. The molecule has 35 heavy (non-hydrogen) atoms. The number of rotatable bonds is 7. The summed E-state index contributed by atoms with van der Waals surface area (Å²) in [5.74, 6) is -1.10. The summed E-state index contributed by atoms with van der Waals surface area (Å²) in [6, 6.07) is 10.2. The quantitative estimate of drug-likeness (QED) is 0.502. The first-order valence-electron chi connectivity index (χ1n) is 10.8. The van der Waals surface area contributed by atoms with Gasteiger partial charge in [0.2, 0.25) is 0 Å². The largest absolute Gasteiger partial charge is 0.573 e. The summed E-state index contributed by atoms with van der Waals surface area (Å²) >= 11 is 0. The second-order valence-electron chi connectivity index (χ2n) is 7.94. The molecule has 1 N–H and O–H groups in total.